The van der Waals surface area contributed by atoms with Crippen LogP contribution >= 0.6 is 0 Å². The van der Waals surface area contributed by atoms with E-state index in [1.807, 2.05) is 0 Å². The van der Waals surface area contributed by atoms with Crippen LogP contribution in [0.4, 0.5) is 4.39 Å². The Morgan fingerprint density at radius 1 is 1.37 bits per heavy atom. The molecule has 2 rings (SSSR count). The molecule has 0 saturated heterocycles. The number of aromatic carboxylic acids is 1. The molecule has 1 N–H and O–H groups in total. The minimum Gasteiger partial charge on any atom is -0.476 e. The van der Waals surface area contributed by atoms with Crippen LogP contribution in [0.5, 0.6) is 5.75 Å². The first kappa shape index (κ1) is 12.7. The number of para-hydroxylation sites is 1. The van der Waals surface area contributed by atoms with Crippen molar-refractivity contribution in [3.63, 3.8) is 0 Å². The van der Waals surface area contributed by atoms with E-state index >= 15 is 0 Å². The first-order valence-electron chi connectivity index (χ1n) is 5.23. The molecule has 0 fully saturated rings. The van der Waals surface area contributed by atoms with Gasteiger partial charge in [0.2, 0.25) is 0 Å². The van der Waals surface area contributed by atoms with E-state index < -0.39 is 17.8 Å². The number of nitrogens with zero attached hydrogens (tertiary/aromatic N) is 2. The van der Waals surface area contributed by atoms with Crippen molar-refractivity contribution >= 4 is 11.9 Å². The summed E-state index contributed by atoms with van der Waals surface area (Å²) < 4.78 is 19.2. The molecule has 1 aromatic heterocycles. The van der Waals surface area contributed by atoms with Crippen molar-refractivity contribution in [3.8, 4) is 5.75 Å². The molecule has 0 spiro atoms. The summed E-state index contributed by atoms with van der Waals surface area (Å²) in [5.74, 6) is -3.06. The molecule has 0 saturated carbocycles. The lowest BCUT2D eigenvalue weighted by Gasteiger charge is -2.04. The van der Waals surface area contributed by atoms with Gasteiger partial charge in [0.1, 0.15) is 5.69 Å². The van der Waals surface area contributed by atoms with E-state index in [9.17, 15) is 14.0 Å². The minimum atomic E-state index is -1.26. The Balaban J connectivity index is 2.26. The van der Waals surface area contributed by atoms with E-state index in [0.717, 1.165) is 16.8 Å². The highest BCUT2D eigenvalue weighted by atomic mass is 19.1. The zero-order valence-corrected chi connectivity index (χ0v) is 9.83. The van der Waals surface area contributed by atoms with E-state index in [-0.39, 0.29) is 17.1 Å². The zero-order valence-electron chi connectivity index (χ0n) is 9.83. The third-order valence-corrected chi connectivity index (χ3v) is 2.35. The maximum atomic E-state index is 13.3. The van der Waals surface area contributed by atoms with E-state index in [1.165, 1.54) is 25.2 Å². The molecule has 1 heterocycles. The summed E-state index contributed by atoms with van der Waals surface area (Å²) in [6.45, 7) is 0. The van der Waals surface area contributed by atoms with Crippen molar-refractivity contribution in [2.45, 2.75) is 0 Å². The molecule has 0 atom stereocenters. The molecule has 7 heteroatoms. The Morgan fingerprint density at radius 2 is 2.05 bits per heavy atom. The zero-order chi connectivity index (χ0) is 14.0. The average Bonchev–Trinajstić information content (AvgIpc) is 2.74. The van der Waals surface area contributed by atoms with Gasteiger partial charge in [-0.05, 0) is 12.1 Å². The van der Waals surface area contributed by atoms with Crippen LogP contribution < -0.4 is 4.74 Å². The summed E-state index contributed by atoms with van der Waals surface area (Å²) in [7, 11) is 1.39. The number of carbonyl (C=O) groups excluding carboxylic acids is 1. The molecular weight excluding hydrogens is 255 g/mol. The number of benzene rings is 1. The monoisotopic (exact) mass is 264 g/mol. The molecule has 19 heavy (non-hydrogen) atoms. The Labute approximate surface area is 107 Å². The number of halogens is 1. The van der Waals surface area contributed by atoms with Crippen LogP contribution in [0.3, 0.4) is 0 Å². The van der Waals surface area contributed by atoms with Crippen LogP contribution in [0.15, 0.2) is 30.3 Å². The predicted octanol–water partition coefficient (Wildman–Crippen LogP) is 1.48. The van der Waals surface area contributed by atoms with Gasteiger partial charge in [-0.2, -0.15) is 5.10 Å². The quantitative estimate of drug-likeness (QED) is 0.670. The number of carboxylic acids is 1. The predicted molar refractivity (Wildman–Crippen MR) is 61.5 cm³/mol. The van der Waals surface area contributed by atoms with Gasteiger partial charge in [0, 0.05) is 13.1 Å². The van der Waals surface area contributed by atoms with Crippen molar-refractivity contribution in [1.82, 2.24) is 9.78 Å². The van der Waals surface area contributed by atoms with Crippen molar-refractivity contribution in [2.75, 3.05) is 0 Å². The molecule has 0 bridgehead atoms. The highest BCUT2D eigenvalue weighted by Crippen LogP contribution is 2.17. The summed E-state index contributed by atoms with van der Waals surface area (Å²) in [6, 6.07) is 6.47. The summed E-state index contributed by atoms with van der Waals surface area (Å²) >= 11 is 0. The van der Waals surface area contributed by atoms with Gasteiger partial charge < -0.3 is 9.84 Å². The molecule has 6 nitrogen and oxygen atoms in total. The van der Waals surface area contributed by atoms with Crippen LogP contribution in [-0.2, 0) is 7.05 Å². The van der Waals surface area contributed by atoms with Crippen LogP contribution in [0, 0.1) is 5.82 Å². The molecule has 0 aliphatic carbocycles. The topological polar surface area (TPSA) is 81.4 Å². The number of hydrogen-bond donors (Lipinski definition) is 1. The number of hydrogen-bond acceptors (Lipinski definition) is 4. The first-order chi connectivity index (χ1) is 8.99. The van der Waals surface area contributed by atoms with Gasteiger partial charge in [-0.25, -0.2) is 14.0 Å². The van der Waals surface area contributed by atoms with E-state index in [0.29, 0.717) is 0 Å². The second-order valence-corrected chi connectivity index (χ2v) is 3.66. The molecule has 1 aromatic carbocycles. The van der Waals surface area contributed by atoms with Crippen molar-refractivity contribution in [3.05, 3.63) is 47.5 Å². The number of rotatable bonds is 3. The van der Waals surface area contributed by atoms with Crippen LogP contribution in [0.2, 0.25) is 0 Å². The SMILES string of the molecule is Cn1nc(C(=O)O)cc1C(=O)Oc1ccccc1F. The fraction of sp³-hybridized carbons (Fsp3) is 0.0833. The smallest absolute Gasteiger partial charge is 0.362 e. The van der Waals surface area contributed by atoms with Crippen LogP contribution in [0.25, 0.3) is 0 Å². The number of carbonyl (C=O) groups is 2. The largest absolute Gasteiger partial charge is 0.476 e. The summed E-state index contributed by atoms with van der Waals surface area (Å²) in [5.41, 5.74) is -0.372. The lowest BCUT2D eigenvalue weighted by atomic mass is 10.3. The number of ether oxygens (including phenoxy) is 1. The first-order valence-corrected chi connectivity index (χ1v) is 5.23. The maximum Gasteiger partial charge on any atom is 0.362 e. The van der Waals surface area contributed by atoms with E-state index in [2.05, 4.69) is 5.10 Å². The second kappa shape index (κ2) is 4.89. The third-order valence-electron chi connectivity index (χ3n) is 2.35. The molecule has 0 unspecified atom stereocenters. The Kier molecular flexibility index (Phi) is 3.28. The maximum absolute atomic E-state index is 13.3. The van der Waals surface area contributed by atoms with Gasteiger partial charge in [-0.3, -0.25) is 4.68 Å². The average molecular weight is 264 g/mol. The lowest BCUT2D eigenvalue weighted by Crippen LogP contribution is -2.14. The van der Waals surface area contributed by atoms with E-state index in [4.69, 9.17) is 9.84 Å². The normalized spacial score (nSPS) is 10.2. The third kappa shape index (κ3) is 2.59. The van der Waals surface area contributed by atoms with Gasteiger partial charge in [-0.1, -0.05) is 12.1 Å². The fourth-order valence-corrected chi connectivity index (χ4v) is 1.44. The van der Waals surface area contributed by atoms with Crippen molar-refractivity contribution in [1.29, 1.82) is 0 Å². The molecule has 0 aliphatic heterocycles. The van der Waals surface area contributed by atoms with Crippen LogP contribution in [0.1, 0.15) is 21.0 Å². The second-order valence-electron chi connectivity index (χ2n) is 3.66. The fourth-order valence-electron chi connectivity index (χ4n) is 1.44. The molecule has 0 aliphatic rings. The van der Waals surface area contributed by atoms with Crippen molar-refractivity contribution in [2.24, 2.45) is 7.05 Å². The minimum absolute atomic E-state index is 0.0827. The molecule has 0 amide bonds. The molecule has 2 aromatic rings. The van der Waals surface area contributed by atoms with Gasteiger partial charge in [0.25, 0.3) is 0 Å². The van der Waals surface area contributed by atoms with E-state index in [1.54, 1.807) is 0 Å². The Morgan fingerprint density at radius 3 is 2.63 bits per heavy atom. The summed E-state index contributed by atoms with van der Waals surface area (Å²) in [4.78, 5) is 22.5. The Bertz CT molecular complexity index is 651. The lowest BCUT2D eigenvalue weighted by molar-refractivity contribution is 0.0687. The molecule has 0 radical (unpaired) electrons. The number of aromatic nitrogens is 2. The van der Waals surface area contributed by atoms with Crippen LogP contribution in [-0.4, -0.2) is 26.8 Å². The van der Waals surface area contributed by atoms with Gasteiger partial charge in [0.15, 0.2) is 17.3 Å². The molecule has 98 valence electrons. The number of esters is 1. The van der Waals surface area contributed by atoms with Gasteiger partial charge in [0.05, 0.1) is 0 Å². The number of carboxylic acid groups (broad SMARTS) is 1. The number of aryl methyl sites for hydroxylation is 1. The standard InChI is InChI=1S/C12H9FN2O4/c1-15-9(6-8(14-15)11(16)17)12(18)19-10-5-3-2-4-7(10)13/h2-6H,1H3,(H,16,17). The highest BCUT2D eigenvalue weighted by molar-refractivity contribution is 5.93. The summed E-state index contributed by atoms with van der Waals surface area (Å²) in [5, 5.41) is 12.4. The Hall–Kier alpha value is -2.70. The van der Waals surface area contributed by atoms with Crippen molar-refractivity contribution < 1.29 is 23.8 Å². The van der Waals surface area contributed by atoms with Gasteiger partial charge >= 0.3 is 11.9 Å². The summed E-state index contributed by atoms with van der Waals surface area (Å²) in [6.07, 6.45) is 0. The highest BCUT2D eigenvalue weighted by Gasteiger charge is 2.19. The molecular formula is C12H9FN2O4. The van der Waals surface area contributed by atoms with Gasteiger partial charge in [-0.15, -0.1) is 0 Å².